The molecule has 0 bridgehead atoms. The van der Waals surface area contributed by atoms with Crippen LogP contribution in [-0.2, 0) is 21.6 Å². The first-order valence-electron chi connectivity index (χ1n) is 10.5. The highest BCUT2D eigenvalue weighted by molar-refractivity contribution is 9.11. The largest absolute Gasteiger partial charge is 0.496 e. The number of aromatic nitrogens is 2. The van der Waals surface area contributed by atoms with Gasteiger partial charge >= 0.3 is 11.7 Å². The molecular weight excluding hydrogens is 524 g/mol. The summed E-state index contributed by atoms with van der Waals surface area (Å²) in [6, 6.07) is 6.71. The standard InChI is InChI=1S/C24H27BrN2O6S/c1-13-17-19(29)27(24(5,6)21(30)33-23(2,3)4)22(31)26(20(17)34-18(13)25)12-15(28)14-10-8-9-11-16(14)32-7/h8-11H,12H2,1-7H3. The van der Waals surface area contributed by atoms with Gasteiger partial charge in [0, 0.05) is 0 Å². The van der Waals surface area contributed by atoms with Gasteiger partial charge in [-0.1, -0.05) is 12.1 Å². The summed E-state index contributed by atoms with van der Waals surface area (Å²) in [5, 5.41) is 0.265. The summed E-state index contributed by atoms with van der Waals surface area (Å²) >= 11 is 4.62. The van der Waals surface area contributed by atoms with Gasteiger partial charge in [-0.15, -0.1) is 11.3 Å². The van der Waals surface area contributed by atoms with Gasteiger partial charge in [0.1, 0.15) is 21.7 Å². The number of ether oxygens (including phenoxy) is 2. The van der Waals surface area contributed by atoms with Crippen molar-refractivity contribution in [3.8, 4) is 5.75 Å². The Morgan fingerprint density at radius 1 is 1.09 bits per heavy atom. The molecule has 0 spiro atoms. The van der Waals surface area contributed by atoms with Gasteiger partial charge in [0.15, 0.2) is 5.78 Å². The molecule has 0 aliphatic heterocycles. The number of rotatable bonds is 6. The fourth-order valence-corrected chi connectivity index (χ4v) is 5.23. The minimum absolute atomic E-state index is 0.265. The lowest BCUT2D eigenvalue weighted by Gasteiger charge is -2.30. The number of aryl methyl sites for hydroxylation is 1. The van der Waals surface area contributed by atoms with Crippen molar-refractivity contribution < 1.29 is 19.1 Å². The maximum atomic E-state index is 13.7. The summed E-state index contributed by atoms with van der Waals surface area (Å²) in [5.74, 6) is -0.723. The van der Waals surface area contributed by atoms with Crippen molar-refractivity contribution in [1.29, 1.82) is 0 Å². The van der Waals surface area contributed by atoms with E-state index in [2.05, 4.69) is 15.9 Å². The highest BCUT2D eigenvalue weighted by Gasteiger charge is 2.38. The van der Waals surface area contributed by atoms with E-state index < -0.39 is 28.4 Å². The van der Waals surface area contributed by atoms with Crippen molar-refractivity contribution in [3.63, 3.8) is 0 Å². The van der Waals surface area contributed by atoms with Gasteiger partial charge < -0.3 is 9.47 Å². The fourth-order valence-electron chi connectivity index (χ4n) is 3.55. The molecule has 0 fully saturated rings. The average Bonchev–Trinajstić information content (AvgIpc) is 3.04. The zero-order valence-electron chi connectivity index (χ0n) is 20.1. The third kappa shape index (κ3) is 4.61. The summed E-state index contributed by atoms with van der Waals surface area (Å²) in [6.45, 7) is 9.43. The average molecular weight is 551 g/mol. The number of para-hydroxylation sites is 1. The molecule has 1 aromatic carbocycles. The molecule has 8 nitrogen and oxygen atoms in total. The minimum atomic E-state index is -1.62. The van der Waals surface area contributed by atoms with Crippen LogP contribution in [0, 0.1) is 6.92 Å². The predicted octanol–water partition coefficient (Wildman–Crippen LogP) is 4.26. The number of methoxy groups -OCH3 is 1. The Balaban J connectivity index is 2.28. The van der Waals surface area contributed by atoms with Crippen LogP contribution in [0.1, 0.15) is 50.5 Å². The van der Waals surface area contributed by atoms with Crippen LogP contribution in [0.25, 0.3) is 10.2 Å². The molecule has 2 aromatic heterocycles. The number of hydrogen-bond acceptors (Lipinski definition) is 7. The SMILES string of the molecule is COc1ccccc1C(=O)Cn1c(=O)n(C(C)(C)C(=O)OC(C)(C)C)c(=O)c2c(C)c(Br)sc21. The zero-order chi connectivity index (χ0) is 25.6. The third-order valence-electron chi connectivity index (χ3n) is 5.32. The minimum Gasteiger partial charge on any atom is -0.496 e. The predicted molar refractivity (Wildman–Crippen MR) is 135 cm³/mol. The smallest absolute Gasteiger partial charge is 0.333 e. The quantitative estimate of drug-likeness (QED) is 0.336. The lowest BCUT2D eigenvalue weighted by molar-refractivity contribution is -0.164. The van der Waals surface area contributed by atoms with Crippen LogP contribution < -0.4 is 16.0 Å². The first-order chi connectivity index (χ1) is 15.7. The maximum Gasteiger partial charge on any atom is 0.333 e. The first kappa shape index (κ1) is 25.9. The van der Waals surface area contributed by atoms with E-state index in [1.165, 1.54) is 36.9 Å². The van der Waals surface area contributed by atoms with Crippen LogP contribution in [0.2, 0.25) is 0 Å². The molecule has 0 unspecified atom stereocenters. The molecule has 10 heteroatoms. The van der Waals surface area contributed by atoms with Crippen molar-refractivity contribution in [3.05, 3.63) is 60.0 Å². The molecule has 2 heterocycles. The summed E-state index contributed by atoms with van der Waals surface area (Å²) in [5.41, 5.74) is -2.89. The summed E-state index contributed by atoms with van der Waals surface area (Å²) < 4.78 is 13.6. The zero-order valence-corrected chi connectivity index (χ0v) is 22.5. The van der Waals surface area contributed by atoms with Crippen LogP contribution >= 0.6 is 27.3 Å². The number of ketones is 1. The topological polar surface area (TPSA) is 96.6 Å². The number of nitrogens with zero attached hydrogens (tertiary/aromatic N) is 2. The first-order valence-corrected chi connectivity index (χ1v) is 12.2. The number of carbonyl (C=O) groups excluding carboxylic acids is 2. The summed E-state index contributed by atoms with van der Waals surface area (Å²) in [4.78, 5) is 53.8. The fraction of sp³-hybridized carbons (Fsp3) is 0.417. The highest BCUT2D eigenvalue weighted by atomic mass is 79.9. The van der Waals surface area contributed by atoms with E-state index in [1.54, 1.807) is 52.0 Å². The molecule has 0 aliphatic carbocycles. The van der Waals surface area contributed by atoms with E-state index in [0.717, 1.165) is 4.57 Å². The Bertz CT molecular complexity index is 1410. The molecule has 0 saturated carbocycles. The second kappa shape index (κ2) is 9.14. The molecule has 0 amide bonds. The number of fused-ring (bicyclic) bond motifs is 1. The Kier molecular flexibility index (Phi) is 6.96. The Morgan fingerprint density at radius 2 is 1.71 bits per heavy atom. The van der Waals surface area contributed by atoms with Crippen LogP contribution in [0.5, 0.6) is 5.75 Å². The molecule has 3 rings (SSSR count). The number of halogens is 1. The number of benzene rings is 1. The van der Waals surface area contributed by atoms with Crippen LogP contribution in [0.4, 0.5) is 0 Å². The normalized spacial score (nSPS) is 12.1. The molecule has 34 heavy (non-hydrogen) atoms. The molecule has 3 aromatic rings. The van der Waals surface area contributed by atoms with Crippen molar-refractivity contribution in [2.45, 2.75) is 59.2 Å². The molecule has 0 radical (unpaired) electrons. The van der Waals surface area contributed by atoms with Crippen molar-refractivity contribution in [2.24, 2.45) is 0 Å². The number of carbonyl (C=O) groups is 2. The van der Waals surface area contributed by atoms with Crippen molar-refractivity contribution in [1.82, 2.24) is 9.13 Å². The van der Waals surface area contributed by atoms with E-state index in [1.807, 2.05) is 0 Å². The maximum absolute atomic E-state index is 13.7. The van der Waals surface area contributed by atoms with E-state index in [9.17, 15) is 19.2 Å². The van der Waals surface area contributed by atoms with E-state index in [-0.39, 0.29) is 17.7 Å². The Morgan fingerprint density at radius 3 is 2.29 bits per heavy atom. The Labute approximate surface area is 209 Å². The van der Waals surface area contributed by atoms with E-state index in [0.29, 0.717) is 25.5 Å². The van der Waals surface area contributed by atoms with Crippen LogP contribution in [-0.4, -0.2) is 33.6 Å². The lowest BCUT2D eigenvalue weighted by Crippen LogP contribution is -2.54. The van der Waals surface area contributed by atoms with Gasteiger partial charge in [-0.05, 0) is 75.2 Å². The molecule has 0 saturated heterocycles. The number of thiophene rings is 1. The highest BCUT2D eigenvalue weighted by Crippen LogP contribution is 2.33. The van der Waals surface area contributed by atoms with Gasteiger partial charge in [0.25, 0.3) is 5.56 Å². The number of esters is 1. The van der Waals surface area contributed by atoms with Gasteiger partial charge in [-0.3, -0.25) is 14.2 Å². The second-order valence-electron chi connectivity index (χ2n) is 9.37. The van der Waals surface area contributed by atoms with Crippen LogP contribution in [0.15, 0.2) is 37.6 Å². The lowest BCUT2D eigenvalue weighted by atomic mass is 10.0. The summed E-state index contributed by atoms with van der Waals surface area (Å²) in [7, 11) is 1.46. The molecule has 0 atom stereocenters. The van der Waals surface area contributed by atoms with Crippen LogP contribution in [0.3, 0.4) is 0 Å². The molecule has 182 valence electrons. The van der Waals surface area contributed by atoms with Crippen molar-refractivity contribution in [2.75, 3.05) is 7.11 Å². The van der Waals surface area contributed by atoms with Gasteiger partial charge in [0.2, 0.25) is 0 Å². The Hall–Kier alpha value is -2.72. The number of hydrogen-bond donors (Lipinski definition) is 0. The van der Waals surface area contributed by atoms with E-state index >= 15 is 0 Å². The van der Waals surface area contributed by atoms with Gasteiger partial charge in [-0.25, -0.2) is 14.2 Å². The number of Topliss-reactive ketones (excluding diaryl/α,β-unsaturated/α-hetero) is 1. The molecule has 0 aliphatic rings. The van der Waals surface area contributed by atoms with E-state index in [4.69, 9.17) is 9.47 Å². The summed E-state index contributed by atoms with van der Waals surface area (Å²) in [6.07, 6.45) is 0. The third-order valence-corrected chi connectivity index (χ3v) is 7.50. The van der Waals surface area contributed by atoms with Crippen molar-refractivity contribution >= 4 is 49.2 Å². The van der Waals surface area contributed by atoms with Gasteiger partial charge in [0.05, 0.1) is 28.4 Å². The molecule has 0 N–H and O–H groups in total. The molecular formula is C24H27BrN2O6S. The monoisotopic (exact) mass is 550 g/mol. The second-order valence-corrected chi connectivity index (χ2v) is 11.7. The van der Waals surface area contributed by atoms with Gasteiger partial charge in [-0.2, -0.15) is 0 Å².